The van der Waals surface area contributed by atoms with Crippen LogP contribution < -0.4 is 11.1 Å². The van der Waals surface area contributed by atoms with Gasteiger partial charge in [-0.05, 0) is 5.56 Å². The number of thiazole rings is 1. The molecular formula is C16H19N3O2S. The first-order valence-electron chi connectivity index (χ1n) is 7.33. The van der Waals surface area contributed by atoms with Crippen molar-refractivity contribution in [2.24, 2.45) is 11.7 Å². The standard InChI is InChI=1S/C16H19N3O2S/c1-10(14(17)11-5-3-2-4-6-11)15(20)19-16-18-12-7-8-21-9-13(12)22-16/h2-6,10,14H,7-9,17H2,1H3,(H,18,19,20). The molecule has 0 bridgehead atoms. The monoisotopic (exact) mass is 317 g/mol. The molecule has 0 saturated heterocycles. The van der Waals surface area contributed by atoms with Crippen LogP contribution in [0.4, 0.5) is 5.13 Å². The van der Waals surface area contributed by atoms with Gasteiger partial charge in [-0.1, -0.05) is 48.6 Å². The number of nitrogens with one attached hydrogen (secondary N) is 1. The first-order valence-corrected chi connectivity index (χ1v) is 8.14. The van der Waals surface area contributed by atoms with Crippen molar-refractivity contribution in [3.63, 3.8) is 0 Å². The van der Waals surface area contributed by atoms with E-state index in [4.69, 9.17) is 10.5 Å². The van der Waals surface area contributed by atoms with Gasteiger partial charge in [0.2, 0.25) is 5.91 Å². The fourth-order valence-corrected chi connectivity index (χ4v) is 3.37. The summed E-state index contributed by atoms with van der Waals surface area (Å²) in [6.07, 6.45) is 0.806. The largest absolute Gasteiger partial charge is 0.375 e. The highest BCUT2D eigenvalue weighted by Crippen LogP contribution is 2.28. The number of nitrogens with zero attached hydrogens (tertiary/aromatic N) is 1. The van der Waals surface area contributed by atoms with Gasteiger partial charge in [-0.15, -0.1) is 0 Å². The maximum atomic E-state index is 12.4. The fraction of sp³-hybridized carbons (Fsp3) is 0.375. The summed E-state index contributed by atoms with van der Waals surface area (Å²) in [6.45, 7) is 3.12. The van der Waals surface area contributed by atoms with E-state index in [1.54, 1.807) is 0 Å². The van der Waals surface area contributed by atoms with Crippen molar-refractivity contribution in [1.29, 1.82) is 0 Å². The van der Waals surface area contributed by atoms with Crippen molar-refractivity contribution in [3.8, 4) is 0 Å². The molecule has 1 aromatic heterocycles. The van der Waals surface area contributed by atoms with Gasteiger partial charge in [0, 0.05) is 12.5 Å². The van der Waals surface area contributed by atoms with Gasteiger partial charge in [-0.3, -0.25) is 4.79 Å². The molecule has 0 saturated carbocycles. The van der Waals surface area contributed by atoms with E-state index in [-0.39, 0.29) is 17.9 Å². The molecule has 0 aliphatic carbocycles. The van der Waals surface area contributed by atoms with Crippen molar-refractivity contribution >= 4 is 22.4 Å². The lowest BCUT2D eigenvalue weighted by Crippen LogP contribution is -2.30. The number of hydrogen-bond acceptors (Lipinski definition) is 5. The van der Waals surface area contributed by atoms with Gasteiger partial charge in [-0.25, -0.2) is 4.98 Å². The van der Waals surface area contributed by atoms with Crippen LogP contribution in [-0.4, -0.2) is 17.5 Å². The third-order valence-corrected chi connectivity index (χ3v) is 4.85. The van der Waals surface area contributed by atoms with Gasteiger partial charge in [0.05, 0.1) is 29.7 Å². The topological polar surface area (TPSA) is 77.2 Å². The van der Waals surface area contributed by atoms with Crippen LogP contribution in [0.15, 0.2) is 30.3 Å². The average Bonchev–Trinajstić information content (AvgIpc) is 2.96. The maximum absolute atomic E-state index is 12.4. The first-order chi connectivity index (χ1) is 10.6. The summed E-state index contributed by atoms with van der Waals surface area (Å²) in [5.41, 5.74) is 8.18. The van der Waals surface area contributed by atoms with Gasteiger partial charge in [0.15, 0.2) is 5.13 Å². The number of amides is 1. The van der Waals surface area contributed by atoms with E-state index < -0.39 is 0 Å². The Labute approximate surface area is 133 Å². The third kappa shape index (κ3) is 3.19. The minimum absolute atomic E-state index is 0.108. The number of anilines is 1. The van der Waals surface area contributed by atoms with Crippen molar-refractivity contribution in [1.82, 2.24) is 4.98 Å². The molecule has 3 rings (SSSR count). The van der Waals surface area contributed by atoms with Crippen molar-refractivity contribution in [2.45, 2.75) is 26.0 Å². The molecule has 0 spiro atoms. The number of rotatable bonds is 4. The Morgan fingerprint density at radius 1 is 1.41 bits per heavy atom. The molecule has 22 heavy (non-hydrogen) atoms. The Morgan fingerprint density at radius 2 is 2.18 bits per heavy atom. The van der Waals surface area contributed by atoms with E-state index in [9.17, 15) is 4.79 Å². The zero-order valence-corrected chi connectivity index (χ0v) is 13.2. The second-order valence-corrected chi connectivity index (χ2v) is 6.49. The van der Waals surface area contributed by atoms with E-state index >= 15 is 0 Å². The minimum atomic E-state index is -0.334. The van der Waals surface area contributed by atoms with E-state index in [2.05, 4.69) is 10.3 Å². The molecule has 6 heteroatoms. The molecule has 2 atom stereocenters. The number of benzene rings is 1. The summed E-state index contributed by atoms with van der Waals surface area (Å²) in [6, 6.07) is 9.33. The Kier molecular flexibility index (Phi) is 4.52. The van der Waals surface area contributed by atoms with Crippen LogP contribution in [0.2, 0.25) is 0 Å². The van der Waals surface area contributed by atoms with Crippen molar-refractivity contribution in [3.05, 3.63) is 46.5 Å². The summed E-state index contributed by atoms with van der Waals surface area (Å²) in [4.78, 5) is 18.0. The van der Waals surface area contributed by atoms with Crippen molar-refractivity contribution in [2.75, 3.05) is 11.9 Å². The number of nitrogens with two attached hydrogens (primary N) is 1. The molecule has 5 nitrogen and oxygen atoms in total. The molecular weight excluding hydrogens is 298 g/mol. The van der Waals surface area contributed by atoms with Crippen molar-refractivity contribution < 1.29 is 9.53 Å². The molecule has 2 heterocycles. The quantitative estimate of drug-likeness (QED) is 0.908. The Balaban J connectivity index is 1.67. The number of carbonyl (C=O) groups is 1. The van der Waals surface area contributed by atoms with E-state index in [0.29, 0.717) is 18.3 Å². The second-order valence-electron chi connectivity index (χ2n) is 5.41. The second kappa shape index (κ2) is 6.56. The average molecular weight is 317 g/mol. The van der Waals surface area contributed by atoms with E-state index in [0.717, 1.165) is 22.6 Å². The Bertz CT molecular complexity index is 633. The Morgan fingerprint density at radius 3 is 2.91 bits per heavy atom. The lowest BCUT2D eigenvalue weighted by Gasteiger charge is -2.19. The third-order valence-electron chi connectivity index (χ3n) is 3.86. The normalized spacial score (nSPS) is 16.6. The number of hydrogen-bond donors (Lipinski definition) is 2. The van der Waals surface area contributed by atoms with Crippen LogP contribution in [0, 0.1) is 5.92 Å². The summed E-state index contributed by atoms with van der Waals surface area (Å²) >= 11 is 1.48. The smallest absolute Gasteiger partial charge is 0.230 e. The molecule has 1 aliphatic heterocycles. The molecule has 1 aromatic carbocycles. The van der Waals surface area contributed by atoms with Gasteiger partial charge < -0.3 is 15.8 Å². The van der Waals surface area contributed by atoms with Gasteiger partial charge >= 0.3 is 0 Å². The van der Waals surface area contributed by atoms with Crippen LogP contribution in [-0.2, 0) is 22.6 Å². The predicted molar refractivity (Wildman–Crippen MR) is 86.6 cm³/mol. The van der Waals surface area contributed by atoms with Crippen LogP contribution in [0.1, 0.15) is 29.1 Å². The van der Waals surface area contributed by atoms with Crippen LogP contribution in [0.3, 0.4) is 0 Å². The predicted octanol–water partition coefficient (Wildman–Crippen LogP) is 2.49. The molecule has 3 N–H and O–H groups in total. The number of fused-ring (bicyclic) bond motifs is 1. The van der Waals surface area contributed by atoms with Gasteiger partial charge in [0.1, 0.15) is 0 Å². The minimum Gasteiger partial charge on any atom is -0.375 e. The van der Waals surface area contributed by atoms with Gasteiger partial charge in [-0.2, -0.15) is 0 Å². The number of carbonyl (C=O) groups excluding carboxylic acids is 1. The van der Waals surface area contributed by atoms with E-state index in [1.165, 1.54) is 11.3 Å². The highest BCUT2D eigenvalue weighted by molar-refractivity contribution is 7.15. The summed E-state index contributed by atoms with van der Waals surface area (Å²) in [5, 5.41) is 3.51. The van der Waals surface area contributed by atoms with E-state index in [1.807, 2.05) is 37.3 Å². The highest BCUT2D eigenvalue weighted by Gasteiger charge is 2.24. The summed E-state index contributed by atoms with van der Waals surface area (Å²) in [5.74, 6) is -0.442. The molecule has 2 aromatic rings. The SMILES string of the molecule is CC(C(=O)Nc1nc2c(s1)COCC2)C(N)c1ccccc1. The number of ether oxygens (including phenoxy) is 1. The van der Waals surface area contributed by atoms with Crippen LogP contribution in [0.5, 0.6) is 0 Å². The maximum Gasteiger partial charge on any atom is 0.230 e. The van der Waals surface area contributed by atoms with Crippen LogP contribution >= 0.6 is 11.3 Å². The molecule has 0 radical (unpaired) electrons. The summed E-state index contributed by atoms with van der Waals surface area (Å²) < 4.78 is 5.40. The van der Waals surface area contributed by atoms with Gasteiger partial charge in [0.25, 0.3) is 0 Å². The first kappa shape index (κ1) is 15.1. The Hall–Kier alpha value is -1.76. The zero-order valence-electron chi connectivity index (χ0n) is 12.4. The molecule has 1 aliphatic rings. The molecule has 1 amide bonds. The summed E-state index contributed by atoms with van der Waals surface area (Å²) in [7, 11) is 0. The lowest BCUT2D eigenvalue weighted by molar-refractivity contribution is -0.120. The lowest BCUT2D eigenvalue weighted by atomic mass is 9.95. The van der Waals surface area contributed by atoms with Crippen LogP contribution in [0.25, 0.3) is 0 Å². The zero-order chi connectivity index (χ0) is 15.5. The highest BCUT2D eigenvalue weighted by atomic mass is 32.1. The number of aromatic nitrogens is 1. The molecule has 2 unspecified atom stereocenters. The molecule has 116 valence electrons. The molecule has 0 fully saturated rings. The fourth-order valence-electron chi connectivity index (χ4n) is 2.42.